The summed E-state index contributed by atoms with van der Waals surface area (Å²) in [5.74, 6) is 0.853. The maximum absolute atomic E-state index is 12.9. The van der Waals surface area contributed by atoms with Gasteiger partial charge in [-0.05, 0) is 50.1 Å². The molecule has 2 aliphatic rings. The molecule has 0 unspecified atom stereocenters. The minimum atomic E-state index is -3.30. The molecule has 1 saturated heterocycles. The summed E-state index contributed by atoms with van der Waals surface area (Å²) in [5, 5.41) is 0.527. The molecule has 3 heterocycles. The molecule has 3 aromatic rings. The zero-order valence-electron chi connectivity index (χ0n) is 22.1. The van der Waals surface area contributed by atoms with E-state index in [4.69, 9.17) is 13.9 Å². The average molecular weight is 559 g/mol. The van der Waals surface area contributed by atoms with Crippen molar-refractivity contribution in [2.75, 3.05) is 55.4 Å². The normalized spacial score (nSPS) is 15.1. The molecule has 1 fully saturated rings. The first-order chi connectivity index (χ1) is 18.6. The van der Waals surface area contributed by atoms with Gasteiger partial charge < -0.3 is 24.5 Å². The minimum absolute atomic E-state index is 0.00856. The third-order valence-electron chi connectivity index (χ3n) is 6.40. The number of primary amides is 1. The summed E-state index contributed by atoms with van der Waals surface area (Å²) in [6, 6.07) is 10.9. The Morgan fingerprint density at radius 3 is 2.44 bits per heavy atom. The number of nitrogens with one attached hydrogen (secondary N) is 1. The molecule has 39 heavy (non-hydrogen) atoms. The van der Waals surface area contributed by atoms with Crippen molar-refractivity contribution in [2.45, 2.75) is 26.2 Å². The number of anilines is 2. The number of unbranched alkanes of at least 4 members (excludes halogenated alkanes) is 1. The molecule has 1 amide bonds. The van der Waals surface area contributed by atoms with Crippen molar-refractivity contribution in [3.63, 3.8) is 0 Å². The van der Waals surface area contributed by atoms with Crippen LogP contribution in [0.1, 0.15) is 25.3 Å². The number of aryl methyl sites for hydroxylation is 1. The molecule has 0 saturated carbocycles. The highest BCUT2D eigenvalue weighted by molar-refractivity contribution is 7.92. The van der Waals surface area contributed by atoms with E-state index >= 15 is 0 Å². The molecule has 1 aromatic heterocycles. The first kappa shape index (κ1) is 28.2. The van der Waals surface area contributed by atoms with Crippen LogP contribution in [0.15, 0.2) is 51.9 Å². The molecule has 0 atom stereocenters. The molecule has 2 aliphatic heterocycles. The van der Waals surface area contributed by atoms with Gasteiger partial charge in [0.25, 0.3) is 0 Å². The highest BCUT2D eigenvalue weighted by atomic mass is 32.2. The average Bonchev–Trinajstić information content (AvgIpc) is 3.34. The van der Waals surface area contributed by atoms with Crippen LogP contribution in [0.3, 0.4) is 0 Å². The number of benzene rings is 2. The van der Waals surface area contributed by atoms with Crippen LogP contribution in [0, 0.1) is 0 Å². The molecule has 210 valence electrons. The van der Waals surface area contributed by atoms with Crippen LogP contribution in [0.2, 0.25) is 0 Å². The molecule has 2 aromatic carbocycles. The van der Waals surface area contributed by atoms with Gasteiger partial charge in [0.2, 0.25) is 22.7 Å². The third-order valence-corrected chi connectivity index (χ3v) is 7.00. The standard InChI is InChI=1S/C25H29N3O6S.C2H5NO/c1-35(30,31)26-19-6-4-7-20(13-19)28-11-9-27(10-12-28)8-3-2-5-18-16-32-22-15-24-23(33-17-34-24)14-21(22)25(18)29;1-2(3)4/h4,6-7,13-16,26H,2-3,5,8-12,17H2,1H3;1H3,(H2,3,4). The zero-order chi connectivity index (χ0) is 28.0. The van der Waals surface area contributed by atoms with E-state index in [1.165, 1.54) is 6.92 Å². The van der Waals surface area contributed by atoms with Crippen LogP contribution in [0.25, 0.3) is 11.0 Å². The number of hydrogen-bond acceptors (Lipinski definition) is 9. The van der Waals surface area contributed by atoms with Gasteiger partial charge in [-0.2, -0.15) is 0 Å². The van der Waals surface area contributed by atoms with Gasteiger partial charge in [0.05, 0.1) is 23.6 Å². The maximum Gasteiger partial charge on any atom is 0.231 e. The molecular weight excluding hydrogens is 524 g/mol. The van der Waals surface area contributed by atoms with Crippen LogP contribution < -0.4 is 30.3 Å². The van der Waals surface area contributed by atoms with Gasteiger partial charge in [-0.15, -0.1) is 0 Å². The fourth-order valence-corrected chi connectivity index (χ4v) is 5.15. The summed E-state index contributed by atoms with van der Waals surface area (Å²) in [6.07, 6.45) is 5.29. The van der Waals surface area contributed by atoms with Gasteiger partial charge in [0, 0.05) is 50.4 Å². The van der Waals surface area contributed by atoms with E-state index in [0.717, 1.165) is 57.5 Å². The molecule has 0 bridgehead atoms. The SMILES string of the molecule is CC(N)=O.CS(=O)(=O)Nc1cccc(N2CCN(CCCCc3coc4cc5c(cc4c3=O)OCO5)CC2)c1. The number of nitrogens with two attached hydrogens (primary N) is 1. The first-order valence-corrected chi connectivity index (χ1v) is 14.6. The van der Waals surface area contributed by atoms with Gasteiger partial charge in [-0.25, -0.2) is 8.42 Å². The predicted octanol–water partition coefficient (Wildman–Crippen LogP) is 2.53. The van der Waals surface area contributed by atoms with Crippen molar-refractivity contribution in [3.05, 3.63) is 58.4 Å². The number of carbonyl (C=O) groups excluding carboxylic acids is 1. The van der Waals surface area contributed by atoms with Gasteiger partial charge in [0.15, 0.2) is 16.9 Å². The quantitative estimate of drug-likeness (QED) is 0.399. The van der Waals surface area contributed by atoms with Crippen molar-refractivity contribution in [3.8, 4) is 11.5 Å². The van der Waals surface area contributed by atoms with Crippen molar-refractivity contribution in [2.24, 2.45) is 5.73 Å². The topological polar surface area (TPSA) is 144 Å². The predicted molar refractivity (Wildman–Crippen MR) is 150 cm³/mol. The first-order valence-electron chi connectivity index (χ1n) is 12.7. The zero-order valence-corrected chi connectivity index (χ0v) is 23.0. The number of hydrogen-bond donors (Lipinski definition) is 2. The molecule has 0 aliphatic carbocycles. The Morgan fingerprint density at radius 1 is 1.05 bits per heavy atom. The second kappa shape index (κ2) is 12.4. The van der Waals surface area contributed by atoms with Crippen LogP contribution in [-0.4, -0.2) is 65.0 Å². The number of ether oxygens (including phenoxy) is 2. The number of sulfonamides is 1. The molecule has 0 spiro atoms. The van der Waals surface area contributed by atoms with E-state index < -0.39 is 10.0 Å². The van der Waals surface area contributed by atoms with Crippen molar-refractivity contribution in [1.29, 1.82) is 0 Å². The van der Waals surface area contributed by atoms with Gasteiger partial charge in [-0.3, -0.25) is 19.2 Å². The molecule has 3 N–H and O–H groups in total. The number of rotatable bonds is 8. The smallest absolute Gasteiger partial charge is 0.231 e. The van der Waals surface area contributed by atoms with E-state index in [9.17, 15) is 18.0 Å². The van der Waals surface area contributed by atoms with Crippen molar-refractivity contribution < 1.29 is 27.1 Å². The summed E-state index contributed by atoms with van der Waals surface area (Å²) in [6.45, 7) is 6.08. The van der Waals surface area contributed by atoms with Gasteiger partial charge in [0.1, 0.15) is 5.58 Å². The van der Waals surface area contributed by atoms with E-state index in [0.29, 0.717) is 40.1 Å². The summed E-state index contributed by atoms with van der Waals surface area (Å²) in [7, 11) is -3.30. The number of nitrogens with zero attached hydrogens (tertiary/aromatic N) is 2. The lowest BCUT2D eigenvalue weighted by atomic mass is 10.1. The molecule has 11 nitrogen and oxygen atoms in total. The number of amides is 1. The Bertz CT molecular complexity index is 1480. The summed E-state index contributed by atoms with van der Waals surface area (Å²) >= 11 is 0. The fourth-order valence-electron chi connectivity index (χ4n) is 4.59. The highest BCUT2D eigenvalue weighted by Gasteiger charge is 2.19. The Hall–Kier alpha value is -3.77. The lowest BCUT2D eigenvalue weighted by Gasteiger charge is -2.36. The Labute approximate surface area is 227 Å². The summed E-state index contributed by atoms with van der Waals surface area (Å²) in [5.41, 5.74) is 7.26. The number of piperazine rings is 1. The fraction of sp³-hybridized carbons (Fsp3) is 0.407. The Morgan fingerprint density at radius 2 is 1.74 bits per heavy atom. The largest absolute Gasteiger partial charge is 0.464 e. The van der Waals surface area contributed by atoms with Crippen LogP contribution in [0.4, 0.5) is 11.4 Å². The summed E-state index contributed by atoms with van der Waals surface area (Å²) < 4.78 is 42.0. The van der Waals surface area contributed by atoms with Crippen LogP contribution in [0.5, 0.6) is 11.5 Å². The van der Waals surface area contributed by atoms with E-state index in [-0.39, 0.29) is 18.1 Å². The second-order valence-electron chi connectivity index (χ2n) is 9.61. The lowest BCUT2D eigenvalue weighted by Crippen LogP contribution is -2.46. The Balaban J connectivity index is 0.000000826. The molecular formula is C27H34N4O7S. The molecule has 12 heteroatoms. The van der Waals surface area contributed by atoms with Gasteiger partial charge in [-0.1, -0.05) is 6.07 Å². The van der Waals surface area contributed by atoms with Crippen molar-refractivity contribution in [1.82, 2.24) is 4.90 Å². The Kier molecular flexibility index (Phi) is 8.97. The van der Waals surface area contributed by atoms with E-state index in [2.05, 4.69) is 20.3 Å². The summed E-state index contributed by atoms with van der Waals surface area (Å²) in [4.78, 5) is 26.8. The van der Waals surface area contributed by atoms with E-state index in [1.807, 2.05) is 18.2 Å². The lowest BCUT2D eigenvalue weighted by molar-refractivity contribution is -0.115. The minimum Gasteiger partial charge on any atom is -0.464 e. The number of carbonyl (C=O) groups is 1. The van der Waals surface area contributed by atoms with Gasteiger partial charge >= 0.3 is 0 Å². The monoisotopic (exact) mass is 558 g/mol. The van der Waals surface area contributed by atoms with Crippen LogP contribution in [-0.2, 0) is 21.2 Å². The second-order valence-corrected chi connectivity index (χ2v) is 11.4. The van der Waals surface area contributed by atoms with Crippen molar-refractivity contribution >= 4 is 38.3 Å². The maximum atomic E-state index is 12.9. The number of fused-ring (bicyclic) bond motifs is 2. The molecule has 5 rings (SSSR count). The molecule has 0 radical (unpaired) electrons. The third kappa shape index (κ3) is 7.87. The highest BCUT2D eigenvalue weighted by Crippen LogP contribution is 2.35. The van der Waals surface area contributed by atoms with E-state index in [1.54, 1.807) is 24.5 Å². The van der Waals surface area contributed by atoms with Crippen LogP contribution >= 0.6 is 0 Å².